The Hall–Kier alpha value is -4.83. The molecule has 0 aliphatic carbocycles. The molecule has 0 radical (unpaired) electrons. The number of amides is 1. The lowest BCUT2D eigenvalue weighted by molar-refractivity contribution is 0.0967. The molecule has 0 spiro atoms. The molecule has 9 nitrogen and oxygen atoms in total. The molecule has 1 atom stereocenters. The van der Waals surface area contributed by atoms with E-state index in [2.05, 4.69) is 30.6 Å². The van der Waals surface area contributed by atoms with Gasteiger partial charge in [0, 0.05) is 37.4 Å². The molecule has 4 aromatic heterocycles. The number of nitrogens with zero attached hydrogens (tertiary/aromatic N) is 7. The maximum atomic E-state index is 15.5. The van der Waals surface area contributed by atoms with E-state index in [0.29, 0.717) is 29.2 Å². The largest absolute Gasteiger partial charge is 0.315 e. The van der Waals surface area contributed by atoms with Crippen LogP contribution in [0.3, 0.4) is 0 Å². The average Bonchev–Trinajstić information content (AvgIpc) is 3.42. The number of benzene rings is 1. The summed E-state index contributed by atoms with van der Waals surface area (Å²) >= 11 is 0. The predicted molar refractivity (Wildman–Crippen MR) is 147 cm³/mol. The summed E-state index contributed by atoms with van der Waals surface area (Å²) in [5, 5.41) is 11.5. The van der Waals surface area contributed by atoms with Crippen molar-refractivity contribution in [2.75, 3.05) is 18.0 Å². The van der Waals surface area contributed by atoms with E-state index in [1.807, 2.05) is 36.4 Å². The molecule has 194 valence electrons. The number of pyridine rings is 3. The van der Waals surface area contributed by atoms with Crippen LogP contribution < -0.4 is 10.2 Å². The minimum Gasteiger partial charge on any atom is -0.315 e. The van der Waals surface area contributed by atoms with Crippen molar-refractivity contribution in [1.82, 2.24) is 35.3 Å². The molecule has 0 unspecified atom stereocenters. The zero-order valence-electron chi connectivity index (χ0n) is 21.0. The average molecular weight is 521 g/mol. The minimum atomic E-state index is -0.654. The molecule has 1 aliphatic heterocycles. The van der Waals surface area contributed by atoms with Crippen LogP contribution in [0, 0.1) is 5.82 Å². The molecule has 1 amide bonds. The molecule has 1 N–H and O–H groups in total. The summed E-state index contributed by atoms with van der Waals surface area (Å²) in [6.07, 6.45) is 12.4. The van der Waals surface area contributed by atoms with E-state index in [0.717, 1.165) is 30.5 Å². The fourth-order valence-corrected chi connectivity index (χ4v) is 4.73. The number of anilines is 1. The maximum absolute atomic E-state index is 15.5. The van der Waals surface area contributed by atoms with Gasteiger partial charge in [0.05, 0.1) is 17.3 Å². The maximum Gasteiger partial charge on any atom is 0.262 e. The fourth-order valence-electron chi connectivity index (χ4n) is 4.73. The lowest BCUT2D eigenvalue weighted by atomic mass is 10.0. The molecule has 0 bridgehead atoms. The highest BCUT2D eigenvalue weighted by atomic mass is 19.1. The van der Waals surface area contributed by atoms with E-state index < -0.39 is 11.7 Å². The summed E-state index contributed by atoms with van der Waals surface area (Å²) in [5.41, 5.74) is 3.31. The number of carbonyl (C=O) groups excluding carboxylic acids is 1. The Morgan fingerprint density at radius 2 is 1.92 bits per heavy atom. The predicted octanol–water partition coefficient (Wildman–Crippen LogP) is 4.31. The summed E-state index contributed by atoms with van der Waals surface area (Å²) in [6.45, 7) is 1.47. The van der Waals surface area contributed by atoms with Gasteiger partial charge in [-0.15, -0.1) is 5.10 Å². The molecule has 5 aromatic rings. The number of nitrogens with one attached hydrogen (secondary N) is 1. The normalized spacial score (nSPS) is 15.6. The second-order valence-corrected chi connectivity index (χ2v) is 9.25. The lowest BCUT2D eigenvalue weighted by Gasteiger charge is -2.34. The number of fused-ring (bicyclic) bond motifs is 1. The van der Waals surface area contributed by atoms with Gasteiger partial charge in [-0.2, -0.15) is 4.68 Å². The second-order valence-electron chi connectivity index (χ2n) is 9.25. The molecule has 6 rings (SSSR count). The van der Waals surface area contributed by atoms with Gasteiger partial charge < -0.3 is 5.32 Å². The highest BCUT2D eigenvalue weighted by molar-refractivity contribution is 6.06. The molecule has 1 saturated heterocycles. The van der Waals surface area contributed by atoms with Gasteiger partial charge in [0.1, 0.15) is 17.2 Å². The van der Waals surface area contributed by atoms with E-state index in [1.54, 1.807) is 47.9 Å². The molecular weight excluding hydrogens is 495 g/mol. The van der Waals surface area contributed by atoms with Crippen molar-refractivity contribution in [2.45, 2.75) is 18.9 Å². The van der Waals surface area contributed by atoms with Crippen LogP contribution >= 0.6 is 0 Å². The van der Waals surface area contributed by atoms with Gasteiger partial charge in [0.25, 0.3) is 5.91 Å². The smallest absolute Gasteiger partial charge is 0.262 e. The first-order chi connectivity index (χ1) is 19.2. The van der Waals surface area contributed by atoms with Gasteiger partial charge in [0.2, 0.25) is 0 Å². The molecule has 39 heavy (non-hydrogen) atoms. The van der Waals surface area contributed by atoms with E-state index in [4.69, 9.17) is 0 Å². The van der Waals surface area contributed by atoms with Gasteiger partial charge >= 0.3 is 0 Å². The summed E-state index contributed by atoms with van der Waals surface area (Å²) in [4.78, 5) is 28.5. The van der Waals surface area contributed by atoms with Crippen molar-refractivity contribution in [3.63, 3.8) is 0 Å². The summed E-state index contributed by atoms with van der Waals surface area (Å²) < 4.78 is 17.0. The third-order valence-electron chi connectivity index (χ3n) is 6.66. The highest BCUT2D eigenvalue weighted by Gasteiger charge is 2.30. The van der Waals surface area contributed by atoms with Crippen LogP contribution in [0.2, 0.25) is 0 Å². The van der Waals surface area contributed by atoms with Crippen molar-refractivity contribution in [1.29, 1.82) is 0 Å². The number of hydrogen-bond donors (Lipinski definition) is 1. The number of halogens is 1. The van der Waals surface area contributed by atoms with Crippen LogP contribution in [0.4, 0.5) is 10.2 Å². The number of carbonyl (C=O) groups is 1. The number of aromatic nitrogens is 6. The van der Waals surface area contributed by atoms with E-state index in [9.17, 15) is 4.79 Å². The third kappa shape index (κ3) is 5.14. The van der Waals surface area contributed by atoms with Crippen molar-refractivity contribution in [2.24, 2.45) is 0 Å². The standard InChI is InChI=1S/C29H25FN8O/c30-25-17-22(38-28-26(35-36-38)6-3-14-34-28)9-10-24(25)29(39)37(23-5-2-13-32-19-23)27-16-20(11-15-33-27)7-8-21-4-1-12-31-18-21/h1,3-4,6-12,14-18,23,32H,2,5,13,19H2/b8-7+/t23-/m1/s1. The van der Waals surface area contributed by atoms with Gasteiger partial charge in [0.15, 0.2) is 5.65 Å². The Kier molecular flexibility index (Phi) is 6.84. The quantitative estimate of drug-likeness (QED) is 0.356. The third-order valence-corrected chi connectivity index (χ3v) is 6.66. The molecule has 1 aromatic carbocycles. The summed E-state index contributed by atoms with van der Waals surface area (Å²) in [7, 11) is 0. The second kappa shape index (κ2) is 10.9. The van der Waals surface area contributed by atoms with Crippen LogP contribution in [0.5, 0.6) is 0 Å². The molecule has 0 saturated carbocycles. The Bertz CT molecular complexity index is 1650. The van der Waals surface area contributed by atoms with Crippen LogP contribution in [0.1, 0.15) is 34.3 Å². The van der Waals surface area contributed by atoms with Crippen molar-refractivity contribution >= 4 is 35.0 Å². The first-order valence-corrected chi connectivity index (χ1v) is 12.7. The number of rotatable bonds is 6. The van der Waals surface area contributed by atoms with Crippen LogP contribution in [-0.4, -0.2) is 55.0 Å². The fraction of sp³-hybridized carbons (Fsp3) is 0.172. The lowest BCUT2D eigenvalue weighted by Crippen LogP contribution is -2.49. The zero-order chi connectivity index (χ0) is 26.6. The van der Waals surface area contributed by atoms with Crippen LogP contribution in [0.25, 0.3) is 29.0 Å². The SMILES string of the molecule is O=C(c1ccc(-n2nnc3cccnc32)cc1F)N(c1cc(/C=C/c2cccnc2)ccn1)[C@@H]1CCCNC1. The number of piperidine rings is 1. The highest BCUT2D eigenvalue weighted by Crippen LogP contribution is 2.25. The van der Waals surface area contributed by atoms with Gasteiger partial charge in [-0.3, -0.25) is 14.7 Å². The summed E-state index contributed by atoms with van der Waals surface area (Å²) in [6, 6.07) is 15.3. The van der Waals surface area contributed by atoms with Crippen molar-refractivity contribution < 1.29 is 9.18 Å². The Balaban J connectivity index is 1.34. The van der Waals surface area contributed by atoms with Gasteiger partial charge in [-0.05, 0) is 73.0 Å². The van der Waals surface area contributed by atoms with E-state index in [1.165, 1.54) is 16.8 Å². The van der Waals surface area contributed by atoms with Gasteiger partial charge in [-0.1, -0.05) is 23.4 Å². The van der Waals surface area contributed by atoms with E-state index in [-0.39, 0.29) is 11.6 Å². The monoisotopic (exact) mass is 520 g/mol. The molecule has 5 heterocycles. The molecular formula is C29H25FN8O. The zero-order valence-corrected chi connectivity index (χ0v) is 21.0. The molecule has 1 aliphatic rings. The topological polar surface area (TPSA) is 102 Å². The Labute approximate surface area is 224 Å². The molecule has 1 fully saturated rings. The Morgan fingerprint density at radius 1 is 1.03 bits per heavy atom. The van der Waals surface area contributed by atoms with E-state index >= 15 is 4.39 Å². The van der Waals surface area contributed by atoms with Crippen molar-refractivity contribution in [3.8, 4) is 5.69 Å². The number of hydrogen-bond acceptors (Lipinski definition) is 7. The van der Waals surface area contributed by atoms with Crippen LogP contribution in [-0.2, 0) is 0 Å². The Morgan fingerprint density at radius 3 is 2.74 bits per heavy atom. The summed E-state index contributed by atoms with van der Waals surface area (Å²) in [5.74, 6) is -0.634. The van der Waals surface area contributed by atoms with Crippen LogP contribution in [0.15, 0.2) is 79.4 Å². The first kappa shape index (κ1) is 24.5. The molecule has 10 heteroatoms. The minimum absolute atomic E-state index is 0.0418. The van der Waals surface area contributed by atoms with Crippen molar-refractivity contribution in [3.05, 3.63) is 102 Å². The van der Waals surface area contributed by atoms with Gasteiger partial charge in [-0.25, -0.2) is 14.4 Å². The first-order valence-electron chi connectivity index (χ1n) is 12.7.